The number of rotatable bonds is 5. The molecule has 0 aromatic rings. The summed E-state index contributed by atoms with van der Waals surface area (Å²) in [6, 6.07) is 0. The van der Waals surface area contributed by atoms with Crippen LogP contribution in [-0.4, -0.2) is 39.8 Å². The molecule has 0 spiro atoms. The first kappa shape index (κ1) is 19.4. The molecular weight excluding hydrogens is 278 g/mol. The summed E-state index contributed by atoms with van der Waals surface area (Å²) in [5, 5.41) is 9.17. The van der Waals surface area contributed by atoms with E-state index in [0.717, 1.165) is 0 Å². The second-order valence-corrected chi connectivity index (χ2v) is 6.86. The van der Waals surface area contributed by atoms with Crippen LogP contribution in [0.5, 0.6) is 0 Å². The van der Waals surface area contributed by atoms with Gasteiger partial charge in [-0.15, -0.1) is 0 Å². The highest BCUT2D eigenvalue weighted by molar-refractivity contribution is 6.04. The zero-order valence-electron chi connectivity index (χ0n) is 13.5. The van der Waals surface area contributed by atoms with Gasteiger partial charge in [0, 0.05) is 6.42 Å². The Morgan fingerprint density at radius 2 is 1.38 bits per heavy atom. The Balaban J connectivity index is 4.88. The summed E-state index contributed by atoms with van der Waals surface area (Å²) in [4.78, 5) is 34.8. The van der Waals surface area contributed by atoms with E-state index in [9.17, 15) is 14.4 Å². The Kier molecular flexibility index (Phi) is 5.93. The van der Waals surface area contributed by atoms with Crippen molar-refractivity contribution >= 4 is 17.9 Å². The molecule has 7 heteroatoms. The van der Waals surface area contributed by atoms with Gasteiger partial charge in [0.15, 0.2) is 0 Å². The van der Waals surface area contributed by atoms with Crippen molar-refractivity contribution in [3.05, 3.63) is 0 Å². The van der Waals surface area contributed by atoms with Gasteiger partial charge in [0.05, 0.1) is 0 Å². The molecule has 0 amide bonds. The van der Waals surface area contributed by atoms with Crippen molar-refractivity contribution in [3.63, 3.8) is 0 Å². The van der Waals surface area contributed by atoms with Gasteiger partial charge in [0.25, 0.3) is 0 Å². The number of carboxylic acid groups (broad SMARTS) is 1. The third-order valence-corrected chi connectivity index (χ3v) is 2.29. The lowest BCUT2D eigenvalue weighted by atomic mass is 9.94. The highest BCUT2D eigenvalue weighted by Crippen LogP contribution is 2.19. The highest BCUT2D eigenvalue weighted by atomic mass is 16.6. The smallest absolute Gasteiger partial charge is 0.338 e. The van der Waals surface area contributed by atoms with Crippen molar-refractivity contribution in [1.82, 2.24) is 0 Å². The van der Waals surface area contributed by atoms with Crippen molar-refractivity contribution in [1.29, 1.82) is 0 Å². The maximum Gasteiger partial charge on any atom is 0.338 e. The first-order valence-electron chi connectivity index (χ1n) is 6.65. The van der Waals surface area contributed by atoms with E-state index < -0.39 is 41.1 Å². The minimum Gasteiger partial charge on any atom is -0.479 e. The standard InChI is InChI=1S/C14H25NO6/c1-12(2,3)20-9(16)7-8-14(15,10(17)18)11(19)21-13(4,5)6/h7-8,15H2,1-6H3,(H,17,18). The molecule has 0 aromatic heterocycles. The maximum absolute atomic E-state index is 11.9. The molecule has 0 aliphatic heterocycles. The molecule has 122 valence electrons. The summed E-state index contributed by atoms with van der Waals surface area (Å²) >= 11 is 0. The topological polar surface area (TPSA) is 116 Å². The van der Waals surface area contributed by atoms with E-state index in [1.54, 1.807) is 41.5 Å². The van der Waals surface area contributed by atoms with Crippen LogP contribution in [0.2, 0.25) is 0 Å². The minimum absolute atomic E-state index is 0.292. The Bertz CT molecular complexity index is 418. The van der Waals surface area contributed by atoms with E-state index in [1.807, 2.05) is 0 Å². The molecule has 0 heterocycles. The molecule has 0 saturated carbocycles. The van der Waals surface area contributed by atoms with E-state index in [4.69, 9.17) is 20.3 Å². The normalized spacial score (nSPS) is 15.0. The molecule has 0 aliphatic rings. The first-order chi connectivity index (χ1) is 9.17. The molecule has 1 unspecified atom stereocenters. The van der Waals surface area contributed by atoms with Gasteiger partial charge in [-0.1, -0.05) is 0 Å². The summed E-state index contributed by atoms with van der Waals surface area (Å²) in [7, 11) is 0. The average molecular weight is 303 g/mol. The predicted molar refractivity (Wildman–Crippen MR) is 75.5 cm³/mol. The lowest BCUT2D eigenvalue weighted by Gasteiger charge is -2.28. The monoisotopic (exact) mass is 303 g/mol. The first-order valence-corrected chi connectivity index (χ1v) is 6.65. The van der Waals surface area contributed by atoms with Crippen LogP contribution in [0.1, 0.15) is 54.4 Å². The number of carbonyl (C=O) groups is 3. The number of esters is 2. The Morgan fingerprint density at radius 1 is 0.952 bits per heavy atom. The molecular formula is C14H25NO6. The van der Waals surface area contributed by atoms with E-state index in [0.29, 0.717) is 0 Å². The van der Waals surface area contributed by atoms with Crippen molar-refractivity contribution in [2.75, 3.05) is 0 Å². The van der Waals surface area contributed by atoms with Crippen LogP contribution in [0, 0.1) is 0 Å². The van der Waals surface area contributed by atoms with Crippen LogP contribution in [0.4, 0.5) is 0 Å². The second kappa shape index (κ2) is 6.43. The molecule has 0 bridgehead atoms. The lowest BCUT2D eigenvalue weighted by Crippen LogP contribution is -2.57. The van der Waals surface area contributed by atoms with Crippen LogP contribution in [0.3, 0.4) is 0 Å². The molecule has 0 aliphatic carbocycles. The molecule has 0 radical (unpaired) electrons. The predicted octanol–water partition coefficient (Wildman–Crippen LogP) is 1.23. The van der Waals surface area contributed by atoms with Crippen molar-refractivity contribution < 1.29 is 29.0 Å². The van der Waals surface area contributed by atoms with Crippen LogP contribution in [0.15, 0.2) is 0 Å². The third kappa shape index (κ3) is 7.08. The van der Waals surface area contributed by atoms with Gasteiger partial charge in [-0.3, -0.25) is 4.79 Å². The van der Waals surface area contributed by atoms with Gasteiger partial charge in [-0.2, -0.15) is 0 Å². The van der Waals surface area contributed by atoms with Gasteiger partial charge < -0.3 is 20.3 Å². The number of aliphatic carboxylic acids is 1. The number of nitrogens with two attached hydrogens (primary N) is 1. The number of carboxylic acids is 1. The van der Waals surface area contributed by atoms with Crippen molar-refractivity contribution in [2.24, 2.45) is 5.73 Å². The summed E-state index contributed by atoms with van der Waals surface area (Å²) in [5.41, 5.74) is 1.79. The molecule has 21 heavy (non-hydrogen) atoms. The quantitative estimate of drug-likeness (QED) is 0.579. The van der Waals surface area contributed by atoms with Gasteiger partial charge in [-0.05, 0) is 48.0 Å². The van der Waals surface area contributed by atoms with Gasteiger partial charge in [0.2, 0.25) is 5.54 Å². The fraction of sp³-hybridized carbons (Fsp3) is 0.786. The van der Waals surface area contributed by atoms with Crippen molar-refractivity contribution in [2.45, 2.75) is 71.1 Å². The van der Waals surface area contributed by atoms with E-state index >= 15 is 0 Å². The number of hydrogen-bond acceptors (Lipinski definition) is 6. The molecule has 1 atom stereocenters. The average Bonchev–Trinajstić information content (AvgIpc) is 2.20. The molecule has 0 rings (SSSR count). The van der Waals surface area contributed by atoms with Gasteiger partial charge >= 0.3 is 17.9 Å². The molecule has 0 fully saturated rings. The number of ether oxygens (including phenoxy) is 2. The van der Waals surface area contributed by atoms with Gasteiger partial charge in [0.1, 0.15) is 11.2 Å². The maximum atomic E-state index is 11.9. The van der Waals surface area contributed by atoms with Crippen LogP contribution >= 0.6 is 0 Å². The van der Waals surface area contributed by atoms with E-state index in [2.05, 4.69) is 0 Å². The zero-order valence-corrected chi connectivity index (χ0v) is 13.5. The molecule has 0 aromatic carbocycles. The van der Waals surface area contributed by atoms with Crippen LogP contribution in [0.25, 0.3) is 0 Å². The summed E-state index contributed by atoms with van der Waals surface area (Å²) in [5.74, 6) is -3.24. The highest BCUT2D eigenvalue weighted by Gasteiger charge is 2.45. The molecule has 3 N–H and O–H groups in total. The summed E-state index contributed by atoms with van der Waals surface area (Å²) < 4.78 is 10.1. The third-order valence-electron chi connectivity index (χ3n) is 2.29. The minimum atomic E-state index is -2.27. The summed E-state index contributed by atoms with van der Waals surface area (Å²) in [6.45, 7) is 9.85. The van der Waals surface area contributed by atoms with Gasteiger partial charge in [-0.25, -0.2) is 9.59 Å². The largest absolute Gasteiger partial charge is 0.479 e. The van der Waals surface area contributed by atoms with Crippen molar-refractivity contribution in [3.8, 4) is 0 Å². The van der Waals surface area contributed by atoms with E-state index in [-0.39, 0.29) is 6.42 Å². The molecule has 0 saturated heterocycles. The lowest BCUT2D eigenvalue weighted by molar-refractivity contribution is -0.170. The fourth-order valence-electron chi connectivity index (χ4n) is 1.36. The van der Waals surface area contributed by atoms with Crippen LogP contribution < -0.4 is 5.73 Å². The van der Waals surface area contributed by atoms with Crippen LogP contribution in [-0.2, 0) is 23.9 Å². The number of hydrogen-bond donors (Lipinski definition) is 2. The number of carbonyl (C=O) groups excluding carboxylic acids is 2. The second-order valence-electron chi connectivity index (χ2n) is 6.86. The SMILES string of the molecule is CC(C)(C)OC(=O)CCC(N)(C(=O)O)C(=O)OC(C)(C)C. The Labute approximate surface area is 124 Å². The zero-order chi connectivity index (χ0) is 17.1. The fourth-order valence-corrected chi connectivity index (χ4v) is 1.36. The Hall–Kier alpha value is -1.63. The Morgan fingerprint density at radius 3 is 1.71 bits per heavy atom. The summed E-state index contributed by atoms with van der Waals surface area (Å²) in [6.07, 6.45) is -0.689. The molecule has 7 nitrogen and oxygen atoms in total. The van der Waals surface area contributed by atoms with E-state index in [1.165, 1.54) is 0 Å².